The van der Waals surface area contributed by atoms with E-state index in [1.165, 1.54) is 32.2 Å². The molecular weight excluding hydrogens is 429 g/mol. The van der Waals surface area contributed by atoms with Crippen LogP contribution in [0.4, 0.5) is 5.69 Å². The maximum absolute atomic E-state index is 5.86. The van der Waals surface area contributed by atoms with Crippen LogP contribution in [0, 0.1) is 0 Å². The minimum Gasteiger partial charge on any atom is -0.253 e. The van der Waals surface area contributed by atoms with Gasteiger partial charge in [-0.15, -0.1) is 6.58 Å². The van der Waals surface area contributed by atoms with Crippen molar-refractivity contribution in [3.05, 3.63) is 146 Å². The predicted octanol–water partition coefficient (Wildman–Crippen LogP) is 7.94. The summed E-state index contributed by atoms with van der Waals surface area (Å²) in [5.41, 5.74) is 2.27. The van der Waals surface area contributed by atoms with Crippen LogP contribution in [-0.2, 0) is 0 Å². The zero-order valence-corrected chi connectivity index (χ0v) is 20.3. The standard InChI is InChI=1S/C32H28NP/c1-3-25(2)30-24-23-26-15-13-14-22-31(26)32(30)33-34(27-16-7-4-8-17-27,28-18-9-5-10-19-28)29-20-11-6-12-21-29/h3-25H,1H2,2H3. The zero-order chi connectivity index (χ0) is 23.4. The number of allylic oxidation sites excluding steroid dienone is 1. The van der Waals surface area contributed by atoms with Gasteiger partial charge in [-0.3, -0.25) is 4.74 Å². The van der Waals surface area contributed by atoms with Crippen LogP contribution in [0.25, 0.3) is 10.8 Å². The molecule has 5 aromatic carbocycles. The highest BCUT2D eigenvalue weighted by Gasteiger charge is 2.28. The first-order valence-electron chi connectivity index (χ1n) is 11.7. The summed E-state index contributed by atoms with van der Waals surface area (Å²) in [4.78, 5) is 0. The van der Waals surface area contributed by atoms with Crippen molar-refractivity contribution in [2.24, 2.45) is 4.74 Å². The van der Waals surface area contributed by atoms with Crippen molar-refractivity contribution in [1.29, 1.82) is 0 Å². The third-order valence-electron chi connectivity index (χ3n) is 6.42. The topological polar surface area (TPSA) is 12.4 Å². The lowest BCUT2D eigenvalue weighted by Crippen LogP contribution is -2.25. The normalized spacial score (nSPS) is 12.3. The number of rotatable bonds is 6. The van der Waals surface area contributed by atoms with Crippen molar-refractivity contribution >= 4 is 39.4 Å². The summed E-state index contributed by atoms with van der Waals surface area (Å²) in [5.74, 6) is 0.188. The van der Waals surface area contributed by atoms with E-state index in [2.05, 4.69) is 141 Å². The van der Waals surface area contributed by atoms with Crippen molar-refractivity contribution in [1.82, 2.24) is 0 Å². The summed E-state index contributed by atoms with van der Waals surface area (Å²) in [5, 5.41) is 6.13. The second kappa shape index (κ2) is 9.67. The molecule has 5 rings (SSSR count). The molecule has 0 aliphatic heterocycles. The van der Waals surface area contributed by atoms with Gasteiger partial charge >= 0.3 is 0 Å². The molecule has 0 aliphatic rings. The fourth-order valence-corrected chi connectivity index (χ4v) is 8.15. The summed E-state index contributed by atoms with van der Waals surface area (Å²) < 4.78 is 5.86. The summed E-state index contributed by atoms with van der Waals surface area (Å²) in [7, 11) is -2.37. The average molecular weight is 458 g/mol. The number of hydrogen-bond acceptors (Lipinski definition) is 1. The van der Waals surface area contributed by atoms with E-state index in [1.807, 2.05) is 6.08 Å². The van der Waals surface area contributed by atoms with E-state index in [-0.39, 0.29) is 5.92 Å². The maximum atomic E-state index is 5.86. The van der Waals surface area contributed by atoms with Gasteiger partial charge in [0.1, 0.15) is 0 Å². The molecule has 1 nitrogen and oxygen atoms in total. The van der Waals surface area contributed by atoms with Crippen molar-refractivity contribution in [3.8, 4) is 0 Å². The molecule has 1 atom stereocenters. The van der Waals surface area contributed by atoms with Crippen molar-refractivity contribution < 1.29 is 0 Å². The molecule has 0 bridgehead atoms. The van der Waals surface area contributed by atoms with E-state index < -0.39 is 7.05 Å². The third kappa shape index (κ3) is 3.94. The summed E-state index contributed by atoms with van der Waals surface area (Å²) >= 11 is 0. The van der Waals surface area contributed by atoms with Crippen molar-refractivity contribution in [2.45, 2.75) is 12.8 Å². The highest BCUT2D eigenvalue weighted by atomic mass is 31.2. The summed E-state index contributed by atoms with van der Waals surface area (Å²) in [6.07, 6.45) is 2.01. The smallest absolute Gasteiger partial charge is 0.0741 e. The average Bonchev–Trinajstić information content (AvgIpc) is 2.92. The molecule has 0 saturated heterocycles. The summed E-state index contributed by atoms with van der Waals surface area (Å²) in [6, 6.07) is 45.4. The Balaban J connectivity index is 2.00. The molecular formula is C32H28NP. The van der Waals surface area contributed by atoms with Gasteiger partial charge in [-0.2, -0.15) is 0 Å². The first-order valence-corrected chi connectivity index (χ1v) is 13.4. The Labute approximate surface area is 202 Å². The first kappa shape index (κ1) is 22.1. The second-order valence-corrected chi connectivity index (χ2v) is 11.5. The van der Waals surface area contributed by atoms with Gasteiger partial charge in [-0.05, 0) is 10.9 Å². The van der Waals surface area contributed by atoms with E-state index in [4.69, 9.17) is 4.74 Å². The molecule has 0 spiro atoms. The quantitative estimate of drug-likeness (QED) is 0.181. The number of nitrogens with zero attached hydrogens (tertiary/aromatic N) is 1. The Hall–Kier alpha value is -3.67. The monoisotopic (exact) mass is 457 g/mol. The maximum Gasteiger partial charge on any atom is 0.0741 e. The predicted molar refractivity (Wildman–Crippen MR) is 150 cm³/mol. The Bertz CT molecular complexity index is 1370. The lowest BCUT2D eigenvalue weighted by Gasteiger charge is -2.28. The van der Waals surface area contributed by atoms with E-state index >= 15 is 0 Å². The van der Waals surface area contributed by atoms with Gasteiger partial charge in [0, 0.05) is 27.2 Å². The Morgan fingerprint density at radius 2 is 1.09 bits per heavy atom. The molecule has 5 aromatic rings. The largest absolute Gasteiger partial charge is 0.253 e. The Morgan fingerprint density at radius 1 is 0.618 bits per heavy atom. The van der Waals surface area contributed by atoms with Gasteiger partial charge in [-0.1, -0.05) is 140 Å². The van der Waals surface area contributed by atoms with Gasteiger partial charge in [0.05, 0.1) is 12.7 Å². The highest BCUT2D eigenvalue weighted by Crippen LogP contribution is 2.51. The summed E-state index contributed by atoms with van der Waals surface area (Å²) in [6.45, 7) is 6.29. The number of fused-ring (bicyclic) bond motifs is 1. The fourth-order valence-electron chi connectivity index (χ4n) is 4.58. The van der Waals surface area contributed by atoms with E-state index in [1.54, 1.807) is 0 Å². The van der Waals surface area contributed by atoms with E-state index in [0.29, 0.717) is 0 Å². The molecule has 1 unspecified atom stereocenters. The van der Waals surface area contributed by atoms with Gasteiger partial charge in [0.25, 0.3) is 0 Å². The third-order valence-corrected chi connectivity index (χ3v) is 10.1. The molecule has 166 valence electrons. The molecule has 0 amide bonds. The molecule has 0 aliphatic carbocycles. The molecule has 0 aromatic heterocycles. The van der Waals surface area contributed by atoms with Crippen molar-refractivity contribution in [2.75, 3.05) is 0 Å². The van der Waals surface area contributed by atoms with Gasteiger partial charge in [0.2, 0.25) is 0 Å². The first-order chi connectivity index (χ1) is 16.7. The Morgan fingerprint density at radius 3 is 1.59 bits per heavy atom. The molecule has 0 N–H and O–H groups in total. The zero-order valence-electron chi connectivity index (χ0n) is 19.4. The van der Waals surface area contributed by atoms with Crippen LogP contribution in [0.15, 0.2) is 145 Å². The molecule has 0 saturated carbocycles. The highest BCUT2D eigenvalue weighted by molar-refractivity contribution is 7.87. The second-order valence-electron chi connectivity index (χ2n) is 8.49. The van der Waals surface area contributed by atoms with Crippen LogP contribution in [-0.4, -0.2) is 0 Å². The van der Waals surface area contributed by atoms with E-state index in [9.17, 15) is 0 Å². The minimum absolute atomic E-state index is 0.188. The molecule has 2 heteroatoms. The molecule has 0 radical (unpaired) electrons. The van der Waals surface area contributed by atoms with Crippen LogP contribution in [0.1, 0.15) is 18.4 Å². The van der Waals surface area contributed by atoms with Crippen LogP contribution in [0.5, 0.6) is 0 Å². The SMILES string of the molecule is C=CC(C)c1ccc2ccccc2c1N=P(c1ccccc1)(c1ccccc1)c1ccccc1. The van der Waals surface area contributed by atoms with Gasteiger partial charge in [-0.25, -0.2) is 0 Å². The van der Waals surface area contributed by atoms with E-state index in [0.717, 1.165) is 5.69 Å². The number of hydrogen-bond donors (Lipinski definition) is 0. The lowest BCUT2D eigenvalue weighted by atomic mass is 9.95. The molecule has 0 fully saturated rings. The van der Waals surface area contributed by atoms with Gasteiger partial charge in [0.15, 0.2) is 0 Å². The fraction of sp³-hybridized carbons (Fsp3) is 0.0625. The van der Waals surface area contributed by atoms with Crippen LogP contribution < -0.4 is 15.9 Å². The lowest BCUT2D eigenvalue weighted by molar-refractivity contribution is 0.974. The number of benzene rings is 5. The minimum atomic E-state index is -2.37. The molecule has 0 heterocycles. The van der Waals surface area contributed by atoms with Crippen molar-refractivity contribution in [3.63, 3.8) is 0 Å². The van der Waals surface area contributed by atoms with Crippen LogP contribution in [0.2, 0.25) is 0 Å². The van der Waals surface area contributed by atoms with Crippen LogP contribution >= 0.6 is 7.05 Å². The molecule has 34 heavy (non-hydrogen) atoms. The Kier molecular flexibility index (Phi) is 6.30. The van der Waals surface area contributed by atoms with Crippen LogP contribution in [0.3, 0.4) is 0 Å². The van der Waals surface area contributed by atoms with Gasteiger partial charge < -0.3 is 0 Å².